The van der Waals surface area contributed by atoms with Crippen LogP contribution in [0, 0.1) is 23.2 Å². The average Bonchev–Trinajstić information content (AvgIpc) is 2.81. The fourth-order valence-corrected chi connectivity index (χ4v) is 2.78. The molecule has 0 aliphatic heterocycles. The molecule has 1 amide bonds. The zero-order valence-corrected chi connectivity index (χ0v) is 12.3. The summed E-state index contributed by atoms with van der Waals surface area (Å²) in [5.41, 5.74) is 6.11. The van der Waals surface area contributed by atoms with E-state index in [9.17, 15) is 4.79 Å². The normalized spacial score (nSPS) is 12.2. The lowest BCUT2D eigenvalue weighted by atomic mass is 9.88. The van der Waals surface area contributed by atoms with Crippen LogP contribution in [-0.2, 0) is 4.79 Å². The second kappa shape index (κ2) is 7.93. The maximum Gasteiger partial charge on any atom is 0.225 e. The molecule has 0 radical (unpaired) electrons. The quantitative estimate of drug-likeness (QED) is 0.805. The van der Waals surface area contributed by atoms with E-state index in [-0.39, 0.29) is 5.91 Å². The van der Waals surface area contributed by atoms with Crippen LogP contribution in [0.15, 0.2) is 11.4 Å². The van der Waals surface area contributed by atoms with Gasteiger partial charge >= 0.3 is 0 Å². The Morgan fingerprint density at radius 1 is 1.53 bits per heavy atom. The van der Waals surface area contributed by atoms with Crippen molar-refractivity contribution in [2.24, 2.45) is 17.6 Å². The lowest BCUT2D eigenvalue weighted by Gasteiger charge is -2.19. The molecule has 0 aliphatic carbocycles. The molecule has 1 aromatic heterocycles. The molecule has 0 aliphatic rings. The van der Waals surface area contributed by atoms with Crippen LogP contribution in [0.3, 0.4) is 0 Å². The third kappa shape index (κ3) is 5.01. The number of anilines is 1. The molecule has 0 fully saturated rings. The zero-order chi connectivity index (χ0) is 14.3. The Morgan fingerprint density at radius 3 is 2.84 bits per heavy atom. The van der Waals surface area contributed by atoms with Crippen LogP contribution < -0.4 is 11.1 Å². The van der Waals surface area contributed by atoms with Gasteiger partial charge in [-0.15, -0.1) is 11.3 Å². The van der Waals surface area contributed by atoms with Crippen molar-refractivity contribution in [3.63, 3.8) is 0 Å². The topological polar surface area (TPSA) is 78.9 Å². The van der Waals surface area contributed by atoms with Gasteiger partial charge in [-0.1, -0.05) is 13.8 Å². The van der Waals surface area contributed by atoms with Crippen molar-refractivity contribution in [3.05, 3.63) is 17.0 Å². The van der Waals surface area contributed by atoms with Crippen molar-refractivity contribution in [2.75, 3.05) is 11.9 Å². The van der Waals surface area contributed by atoms with Crippen LogP contribution in [0.2, 0.25) is 0 Å². The van der Waals surface area contributed by atoms with Gasteiger partial charge < -0.3 is 11.1 Å². The molecule has 0 saturated heterocycles. The van der Waals surface area contributed by atoms with E-state index in [2.05, 4.69) is 25.2 Å². The van der Waals surface area contributed by atoms with E-state index in [1.54, 1.807) is 11.4 Å². The Bertz CT molecular complexity index is 448. The largest absolute Gasteiger partial charge is 0.330 e. The Balaban J connectivity index is 2.45. The Morgan fingerprint density at radius 2 is 2.26 bits per heavy atom. The van der Waals surface area contributed by atoms with Crippen molar-refractivity contribution in [1.29, 1.82) is 5.26 Å². The molecular weight excluding hydrogens is 258 g/mol. The highest BCUT2D eigenvalue weighted by molar-refractivity contribution is 7.14. The maximum absolute atomic E-state index is 11.9. The van der Waals surface area contributed by atoms with E-state index in [1.165, 1.54) is 11.3 Å². The van der Waals surface area contributed by atoms with Crippen molar-refractivity contribution in [2.45, 2.75) is 33.1 Å². The molecule has 0 bridgehead atoms. The molecule has 4 nitrogen and oxygen atoms in total. The molecule has 104 valence electrons. The summed E-state index contributed by atoms with van der Waals surface area (Å²) in [5, 5.41) is 14.1. The molecule has 5 heteroatoms. The minimum Gasteiger partial charge on any atom is -0.330 e. The number of amides is 1. The number of rotatable bonds is 7. The number of thiophene rings is 1. The second-order valence-electron chi connectivity index (χ2n) is 4.94. The summed E-state index contributed by atoms with van der Waals surface area (Å²) in [6.45, 7) is 4.98. The molecule has 1 unspecified atom stereocenters. The summed E-state index contributed by atoms with van der Waals surface area (Å²) in [6.07, 6.45) is 2.27. The van der Waals surface area contributed by atoms with Crippen LogP contribution in [-0.4, -0.2) is 12.5 Å². The second-order valence-corrected chi connectivity index (χ2v) is 5.86. The Labute approximate surface area is 118 Å². The van der Waals surface area contributed by atoms with Crippen molar-refractivity contribution >= 4 is 22.2 Å². The predicted molar refractivity (Wildman–Crippen MR) is 78.9 cm³/mol. The first kappa shape index (κ1) is 15.7. The average molecular weight is 279 g/mol. The van der Waals surface area contributed by atoms with E-state index < -0.39 is 0 Å². The zero-order valence-electron chi connectivity index (χ0n) is 11.5. The third-order valence-electron chi connectivity index (χ3n) is 3.26. The van der Waals surface area contributed by atoms with Gasteiger partial charge in [0.1, 0.15) is 11.1 Å². The lowest BCUT2D eigenvalue weighted by molar-refractivity contribution is -0.116. The highest BCUT2D eigenvalue weighted by Gasteiger charge is 2.15. The van der Waals surface area contributed by atoms with Crippen molar-refractivity contribution < 1.29 is 4.79 Å². The minimum absolute atomic E-state index is 0.0263. The Hall–Kier alpha value is -1.38. The van der Waals surface area contributed by atoms with Gasteiger partial charge in [-0.2, -0.15) is 5.26 Å². The smallest absolute Gasteiger partial charge is 0.225 e. The number of nitrogens with one attached hydrogen (secondary N) is 1. The number of nitriles is 1. The van der Waals surface area contributed by atoms with Gasteiger partial charge in [0.15, 0.2) is 0 Å². The molecule has 1 rings (SSSR count). The summed E-state index contributed by atoms with van der Waals surface area (Å²) in [4.78, 5) is 11.9. The summed E-state index contributed by atoms with van der Waals surface area (Å²) in [6, 6.07) is 3.78. The van der Waals surface area contributed by atoms with E-state index in [0.29, 0.717) is 35.4 Å². The fourth-order valence-electron chi connectivity index (χ4n) is 2.02. The summed E-state index contributed by atoms with van der Waals surface area (Å²) >= 11 is 1.38. The molecule has 1 atom stereocenters. The number of nitrogens with two attached hydrogens (primary N) is 1. The number of hydrogen-bond acceptors (Lipinski definition) is 4. The molecule has 0 aromatic carbocycles. The SMILES string of the molecule is CC(C)C(CCN)CCC(=O)Nc1sccc1C#N. The van der Waals surface area contributed by atoms with Gasteiger partial charge in [0.2, 0.25) is 5.91 Å². The van der Waals surface area contributed by atoms with Crippen LogP contribution in [0.4, 0.5) is 5.00 Å². The van der Waals surface area contributed by atoms with E-state index in [0.717, 1.165) is 12.8 Å². The highest BCUT2D eigenvalue weighted by atomic mass is 32.1. The molecule has 1 aromatic rings. The van der Waals surface area contributed by atoms with Gasteiger partial charge in [-0.3, -0.25) is 4.79 Å². The molecule has 0 saturated carbocycles. The third-order valence-corrected chi connectivity index (χ3v) is 4.09. The van der Waals surface area contributed by atoms with Gasteiger partial charge in [-0.25, -0.2) is 0 Å². The first-order valence-corrected chi connectivity index (χ1v) is 7.44. The molecular formula is C14H21N3OS. The maximum atomic E-state index is 11.9. The van der Waals surface area contributed by atoms with Gasteiger partial charge in [0.25, 0.3) is 0 Å². The lowest BCUT2D eigenvalue weighted by Crippen LogP contribution is -2.18. The summed E-state index contributed by atoms with van der Waals surface area (Å²) < 4.78 is 0. The number of hydrogen-bond donors (Lipinski definition) is 2. The Kier molecular flexibility index (Phi) is 6.54. The van der Waals surface area contributed by atoms with Gasteiger partial charge in [0, 0.05) is 6.42 Å². The van der Waals surface area contributed by atoms with E-state index in [1.807, 2.05) is 0 Å². The molecule has 19 heavy (non-hydrogen) atoms. The number of carbonyl (C=O) groups excluding carboxylic acids is 1. The van der Waals surface area contributed by atoms with E-state index in [4.69, 9.17) is 11.0 Å². The van der Waals surface area contributed by atoms with Crippen LogP contribution in [0.5, 0.6) is 0 Å². The van der Waals surface area contributed by atoms with Crippen molar-refractivity contribution in [3.8, 4) is 6.07 Å². The summed E-state index contributed by atoms with van der Waals surface area (Å²) in [7, 11) is 0. The first-order chi connectivity index (χ1) is 9.08. The monoisotopic (exact) mass is 279 g/mol. The van der Waals surface area contributed by atoms with Gasteiger partial charge in [0.05, 0.1) is 5.56 Å². The van der Waals surface area contributed by atoms with Crippen LogP contribution in [0.1, 0.15) is 38.7 Å². The van der Waals surface area contributed by atoms with E-state index >= 15 is 0 Å². The molecule has 3 N–H and O–H groups in total. The van der Waals surface area contributed by atoms with Gasteiger partial charge in [-0.05, 0) is 42.7 Å². The van der Waals surface area contributed by atoms with Crippen molar-refractivity contribution in [1.82, 2.24) is 0 Å². The molecule has 1 heterocycles. The predicted octanol–water partition coefficient (Wildman–Crippen LogP) is 2.96. The number of nitrogens with zero attached hydrogens (tertiary/aromatic N) is 1. The number of carbonyl (C=O) groups is 1. The van der Waals surface area contributed by atoms with Crippen LogP contribution in [0.25, 0.3) is 0 Å². The standard InChI is InChI=1S/C14H21N3OS/c1-10(2)11(5-7-15)3-4-13(18)17-14-12(9-16)6-8-19-14/h6,8,10-11H,3-5,7,15H2,1-2H3,(H,17,18). The fraction of sp³-hybridized carbons (Fsp3) is 0.571. The highest BCUT2D eigenvalue weighted by Crippen LogP contribution is 2.24. The summed E-state index contributed by atoms with van der Waals surface area (Å²) in [5.74, 6) is 0.990. The first-order valence-electron chi connectivity index (χ1n) is 6.56. The van der Waals surface area contributed by atoms with Crippen LogP contribution >= 0.6 is 11.3 Å². The molecule has 0 spiro atoms. The minimum atomic E-state index is -0.0263.